The lowest BCUT2D eigenvalue weighted by Crippen LogP contribution is -2.39. The highest BCUT2D eigenvalue weighted by atomic mass is 16.4. The van der Waals surface area contributed by atoms with Crippen molar-refractivity contribution in [1.82, 2.24) is 9.97 Å². The minimum atomic E-state index is -0.970. The molecule has 0 radical (unpaired) electrons. The monoisotopic (exact) mass is 261 g/mol. The Labute approximate surface area is 113 Å². The third-order valence-electron chi connectivity index (χ3n) is 3.23. The Morgan fingerprint density at radius 1 is 1.32 bits per heavy atom. The van der Waals surface area contributed by atoms with Gasteiger partial charge in [0.15, 0.2) is 0 Å². The second kappa shape index (κ2) is 5.82. The predicted octanol–water partition coefficient (Wildman–Crippen LogP) is 2.06. The Morgan fingerprint density at radius 2 is 1.89 bits per heavy atom. The van der Waals surface area contributed by atoms with Crippen molar-refractivity contribution in [1.29, 1.82) is 0 Å². The predicted molar refractivity (Wildman–Crippen MR) is 73.9 cm³/mol. The molecular formula is C14H19N3O2. The summed E-state index contributed by atoms with van der Waals surface area (Å²) in [5.41, 5.74) is 0.698. The van der Waals surface area contributed by atoms with E-state index < -0.39 is 5.97 Å². The zero-order valence-corrected chi connectivity index (χ0v) is 11.3. The van der Waals surface area contributed by atoms with Gasteiger partial charge in [0.1, 0.15) is 0 Å². The molecule has 5 heteroatoms. The maximum Gasteiger partial charge on any atom is 0.328 e. The van der Waals surface area contributed by atoms with Gasteiger partial charge in [-0.1, -0.05) is 13.8 Å². The molecule has 1 saturated heterocycles. The fourth-order valence-corrected chi connectivity index (χ4v) is 2.57. The van der Waals surface area contributed by atoms with Gasteiger partial charge in [-0.2, -0.15) is 0 Å². The number of carbonyl (C=O) groups is 1. The molecule has 0 aromatic carbocycles. The van der Waals surface area contributed by atoms with Crippen LogP contribution < -0.4 is 4.90 Å². The highest BCUT2D eigenvalue weighted by Crippen LogP contribution is 2.23. The molecule has 1 aromatic heterocycles. The molecule has 0 aliphatic carbocycles. The first-order valence-electron chi connectivity index (χ1n) is 6.52. The van der Waals surface area contributed by atoms with E-state index in [4.69, 9.17) is 5.11 Å². The molecule has 1 aliphatic rings. The lowest BCUT2D eigenvalue weighted by molar-refractivity contribution is -0.131. The minimum absolute atomic E-state index is 0.652. The van der Waals surface area contributed by atoms with E-state index >= 15 is 0 Å². The van der Waals surface area contributed by atoms with Crippen molar-refractivity contribution in [2.75, 3.05) is 18.0 Å². The summed E-state index contributed by atoms with van der Waals surface area (Å²) in [5, 5.41) is 8.56. The summed E-state index contributed by atoms with van der Waals surface area (Å²) in [4.78, 5) is 21.3. The topological polar surface area (TPSA) is 66.3 Å². The minimum Gasteiger partial charge on any atom is -0.478 e. The van der Waals surface area contributed by atoms with Gasteiger partial charge in [-0.15, -0.1) is 0 Å². The summed E-state index contributed by atoms with van der Waals surface area (Å²) in [7, 11) is 0. The van der Waals surface area contributed by atoms with Crippen molar-refractivity contribution in [3.8, 4) is 0 Å². The van der Waals surface area contributed by atoms with Crippen molar-refractivity contribution >= 4 is 18.0 Å². The van der Waals surface area contributed by atoms with Gasteiger partial charge in [-0.05, 0) is 24.3 Å². The number of aromatic nitrogens is 2. The number of anilines is 1. The summed E-state index contributed by atoms with van der Waals surface area (Å²) in [5.74, 6) is 1.06. The van der Waals surface area contributed by atoms with Crippen molar-refractivity contribution in [3.05, 3.63) is 24.0 Å². The Hall–Kier alpha value is -1.91. The Morgan fingerprint density at radius 3 is 2.42 bits per heavy atom. The van der Waals surface area contributed by atoms with Crippen LogP contribution in [0.3, 0.4) is 0 Å². The molecule has 102 valence electrons. The maximum atomic E-state index is 10.4. The Kier molecular flexibility index (Phi) is 4.14. The highest BCUT2D eigenvalue weighted by Gasteiger charge is 2.23. The average Bonchev–Trinajstić information content (AvgIpc) is 2.36. The van der Waals surface area contributed by atoms with Crippen molar-refractivity contribution < 1.29 is 9.90 Å². The molecule has 1 aliphatic heterocycles. The highest BCUT2D eigenvalue weighted by molar-refractivity contribution is 5.85. The first-order chi connectivity index (χ1) is 9.04. The summed E-state index contributed by atoms with van der Waals surface area (Å²) in [6.07, 6.45) is 7.14. The third kappa shape index (κ3) is 3.77. The third-order valence-corrected chi connectivity index (χ3v) is 3.23. The van der Waals surface area contributed by atoms with E-state index in [1.165, 1.54) is 12.5 Å². The van der Waals surface area contributed by atoms with Crippen molar-refractivity contribution in [2.45, 2.75) is 20.3 Å². The first-order valence-corrected chi connectivity index (χ1v) is 6.52. The lowest BCUT2D eigenvalue weighted by atomic mass is 9.92. The fraction of sp³-hybridized carbons (Fsp3) is 0.500. The summed E-state index contributed by atoms with van der Waals surface area (Å²) in [6.45, 7) is 6.45. The molecule has 0 spiro atoms. The number of carboxylic acids is 1. The van der Waals surface area contributed by atoms with Crippen LogP contribution in [0.5, 0.6) is 0 Å². The van der Waals surface area contributed by atoms with Crippen LogP contribution in [0.15, 0.2) is 18.5 Å². The van der Waals surface area contributed by atoms with E-state index in [0.29, 0.717) is 17.4 Å². The van der Waals surface area contributed by atoms with Crippen LogP contribution in [0.25, 0.3) is 6.08 Å². The van der Waals surface area contributed by atoms with E-state index in [1.54, 1.807) is 12.4 Å². The SMILES string of the molecule is CC1CC(C)CN(c2ncc(/C=C/C(=O)O)cn2)C1. The van der Waals surface area contributed by atoms with Gasteiger partial charge in [-0.3, -0.25) is 0 Å². The van der Waals surface area contributed by atoms with Crippen LogP contribution in [-0.4, -0.2) is 34.1 Å². The first kappa shape index (κ1) is 13.5. The number of nitrogens with zero attached hydrogens (tertiary/aromatic N) is 3. The van der Waals surface area contributed by atoms with Crippen molar-refractivity contribution in [3.63, 3.8) is 0 Å². The number of carboxylic acid groups (broad SMARTS) is 1. The zero-order chi connectivity index (χ0) is 13.8. The molecule has 2 atom stereocenters. The maximum absolute atomic E-state index is 10.4. The smallest absolute Gasteiger partial charge is 0.328 e. The lowest BCUT2D eigenvalue weighted by Gasteiger charge is -2.34. The van der Waals surface area contributed by atoms with Gasteiger partial charge in [0.05, 0.1) is 0 Å². The molecule has 1 aromatic rings. The quantitative estimate of drug-likeness (QED) is 0.844. The van der Waals surface area contributed by atoms with Crippen LogP contribution in [0.2, 0.25) is 0 Å². The van der Waals surface area contributed by atoms with Crippen molar-refractivity contribution in [2.24, 2.45) is 11.8 Å². The molecule has 0 saturated carbocycles. The number of hydrogen-bond donors (Lipinski definition) is 1. The van der Waals surface area contributed by atoms with Crippen LogP contribution in [-0.2, 0) is 4.79 Å². The van der Waals surface area contributed by atoms with Gasteiger partial charge in [0, 0.05) is 37.1 Å². The second-order valence-corrected chi connectivity index (χ2v) is 5.34. The number of rotatable bonds is 3. The van der Waals surface area contributed by atoms with E-state index in [0.717, 1.165) is 25.1 Å². The molecule has 2 rings (SSSR count). The Balaban J connectivity index is 2.07. The molecule has 1 N–H and O–H groups in total. The molecule has 1 fully saturated rings. The fourth-order valence-electron chi connectivity index (χ4n) is 2.57. The van der Waals surface area contributed by atoms with Crippen LogP contribution in [0.4, 0.5) is 5.95 Å². The van der Waals surface area contributed by atoms with Crippen LogP contribution >= 0.6 is 0 Å². The normalized spacial score (nSPS) is 23.8. The molecule has 5 nitrogen and oxygen atoms in total. The van der Waals surface area contributed by atoms with Crippen LogP contribution in [0, 0.1) is 11.8 Å². The summed E-state index contributed by atoms with van der Waals surface area (Å²) < 4.78 is 0. The van der Waals surface area contributed by atoms with E-state index in [9.17, 15) is 4.79 Å². The molecule has 0 bridgehead atoms. The molecule has 2 unspecified atom stereocenters. The summed E-state index contributed by atoms with van der Waals surface area (Å²) in [6, 6.07) is 0. The summed E-state index contributed by atoms with van der Waals surface area (Å²) >= 11 is 0. The van der Waals surface area contributed by atoms with Crippen LogP contribution in [0.1, 0.15) is 25.8 Å². The molecule has 0 amide bonds. The largest absolute Gasteiger partial charge is 0.478 e. The van der Waals surface area contributed by atoms with E-state index in [-0.39, 0.29) is 0 Å². The van der Waals surface area contributed by atoms with Gasteiger partial charge in [-0.25, -0.2) is 14.8 Å². The number of aliphatic carboxylic acids is 1. The Bertz CT molecular complexity index is 460. The second-order valence-electron chi connectivity index (χ2n) is 5.34. The molecule has 19 heavy (non-hydrogen) atoms. The van der Waals surface area contributed by atoms with Gasteiger partial charge in [0.25, 0.3) is 0 Å². The van der Waals surface area contributed by atoms with Gasteiger partial charge < -0.3 is 10.0 Å². The average molecular weight is 261 g/mol. The number of hydrogen-bond acceptors (Lipinski definition) is 4. The van der Waals surface area contributed by atoms with E-state index in [2.05, 4.69) is 28.7 Å². The van der Waals surface area contributed by atoms with Gasteiger partial charge in [0.2, 0.25) is 5.95 Å². The number of piperidine rings is 1. The van der Waals surface area contributed by atoms with Gasteiger partial charge >= 0.3 is 5.97 Å². The zero-order valence-electron chi connectivity index (χ0n) is 11.3. The van der Waals surface area contributed by atoms with E-state index in [1.807, 2.05) is 0 Å². The molecule has 2 heterocycles. The molecular weight excluding hydrogens is 242 g/mol. The standard InChI is InChI=1S/C14H19N3O2/c1-10-5-11(2)9-17(8-10)14-15-6-12(7-16-14)3-4-13(18)19/h3-4,6-7,10-11H,5,8-9H2,1-2H3,(H,18,19)/b4-3+.